The van der Waals surface area contributed by atoms with Crippen LogP contribution in [0.4, 0.5) is 33.1 Å². The lowest BCUT2D eigenvalue weighted by Crippen LogP contribution is -2.53. The first-order chi connectivity index (χ1) is 22.9. The van der Waals surface area contributed by atoms with Gasteiger partial charge in [0.1, 0.15) is 23.7 Å². The Balaban J connectivity index is 1.21. The Morgan fingerprint density at radius 3 is 2.57 bits per heavy atom. The topological polar surface area (TPSA) is 98.3 Å². The number of piperazine rings is 1. The van der Waals surface area contributed by atoms with Gasteiger partial charge in [-0.3, -0.25) is 14.5 Å². The molecule has 1 unspecified atom stereocenters. The Kier molecular flexibility index (Phi) is 10.4. The van der Waals surface area contributed by atoms with Crippen LogP contribution in [0.15, 0.2) is 55.4 Å². The Bertz CT molecular complexity index is 1580. The van der Waals surface area contributed by atoms with Gasteiger partial charge in [-0.05, 0) is 49.2 Å². The second-order valence-electron chi connectivity index (χ2n) is 12.0. The summed E-state index contributed by atoms with van der Waals surface area (Å²) < 4.78 is 20.1. The highest BCUT2D eigenvalue weighted by atomic mass is 35.5. The highest BCUT2D eigenvalue weighted by Gasteiger charge is 2.31. The van der Waals surface area contributed by atoms with Crippen molar-refractivity contribution in [2.75, 3.05) is 80.1 Å². The molecule has 13 heteroatoms. The van der Waals surface area contributed by atoms with Gasteiger partial charge in [-0.1, -0.05) is 31.2 Å². The molecule has 0 bridgehead atoms. The number of ether oxygens (including phenoxy) is 1. The molecule has 4 heterocycles. The summed E-state index contributed by atoms with van der Waals surface area (Å²) in [6.07, 6.45) is 5.46. The lowest BCUT2D eigenvalue weighted by molar-refractivity contribution is -0.111. The minimum absolute atomic E-state index is 0.0712. The van der Waals surface area contributed by atoms with E-state index < -0.39 is 5.82 Å². The number of carbonyl (C=O) groups is 1. The molecule has 0 spiro atoms. The molecule has 2 N–H and O–H groups in total. The van der Waals surface area contributed by atoms with Crippen LogP contribution in [0.25, 0.3) is 0 Å². The Labute approximate surface area is 280 Å². The normalized spacial score (nSPS) is 19.5. The van der Waals surface area contributed by atoms with Crippen molar-refractivity contribution in [3.05, 3.63) is 71.8 Å². The van der Waals surface area contributed by atoms with E-state index in [4.69, 9.17) is 21.2 Å². The summed E-state index contributed by atoms with van der Waals surface area (Å²) in [5.74, 6) is 0.816. The predicted molar refractivity (Wildman–Crippen MR) is 183 cm³/mol. The van der Waals surface area contributed by atoms with Gasteiger partial charge >= 0.3 is 0 Å². The lowest BCUT2D eigenvalue weighted by Gasteiger charge is -2.43. The quantitative estimate of drug-likeness (QED) is 0.265. The molecule has 3 aliphatic heterocycles. The predicted octanol–water partition coefficient (Wildman–Crippen LogP) is 5.64. The van der Waals surface area contributed by atoms with Gasteiger partial charge < -0.3 is 25.2 Å². The van der Waals surface area contributed by atoms with Crippen molar-refractivity contribution >= 4 is 46.2 Å². The highest BCUT2D eigenvalue weighted by molar-refractivity contribution is 6.30. The molecule has 1 aromatic heterocycles. The van der Waals surface area contributed by atoms with E-state index in [9.17, 15) is 9.18 Å². The monoisotopic (exact) mass is 664 g/mol. The number of carbonyl (C=O) groups excluding carboxylic acids is 1. The average Bonchev–Trinajstić information content (AvgIpc) is 3.60. The molecule has 1 amide bonds. The number of benzene rings is 2. The van der Waals surface area contributed by atoms with Gasteiger partial charge in [-0.2, -0.15) is 0 Å². The number of aromatic nitrogens is 2. The third-order valence-corrected chi connectivity index (χ3v) is 9.62. The number of methoxy groups -OCH3 is 1. The fourth-order valence-electron chi connectivity index (χ4n) is 6.69. The second-order valence-corrected chi connectivity index (χ2v) is 12.4. The SMILES string of the molecule is C=CC(=O)Nc1cc(Nc2cc(N3OCCC3c3ccc(Cl)c(F)c3)ncn2)c(OC)cc1N1CCC(N2CCN(CC)CC2)CC1. The van der Waals surface area contributed by atoms with Crippen molar-refractivity contribution in [1.29, 1.82) is 0 Å². The maximum Gasteiger partial charge on any atom is 0.247 e. The zero-order chi connectivity index (χ0) is 32.9. The van der Waals surface area contributed by atoms with Crippen LogP contribution in [0.1, 0.15) is 37.8 Å². The Hall–Kier alpha value is -3.97. The van der Waals surface area contributed by atoms with Crippen LogP contribution in [0.3, 0.4) is 0 Å². The summed E-state index contributed by atoms with van der Waals surface area (Å²) >= 11 is 5.91. The molecule has 3 aliphatic rings. The molecule has 3 aromatic rings. The number of amides is 1. The molecule has 250 valence electrons. The molecule has 1 atom stereocenters. The molecule has 0 radical (unpaired) electrons. The van der Waals surface area contributed by atoms with E-state index in [1.807, 2.05) is 12.1 Å². The maximum absolute atomic E-state index is 14.3. The zero-order valence-corrected chi connectivity index (χ0v) is 27.7. The number of piperidine rings is 1. The van der Waals surface area contributed by atoms with Crippen LogP contribution >= 0.6 is 11.6 Å². The Morgan fingerprint density at radius 2 is 1.87 bits per heavy atom. The van der Waals surface area contributed by atoms with Crippen molar-refractivity contribution < 1.29 is 18.8 Å². The van der Waals surface area contributed by atoms with Crippen LogP contribution in [0.5, 0.6) is 5.75 Å². The van der Waals surface area contributed by atoms with E-state index in [1.165, 1.54) is 18.5 Å². The standard InChI is InChI=1S/C34H42ClFN8O3/c1-4-34(45)40-27-19-28(31(46-3)20-30(27)43-11-8-24(9-12-43)42-15-13-41(5-2)14-16-42)39-32-21-33(38-22-37-32)44-29(10-17-47-44)23-6-7-25(35)26(36)18-23/h4,6-7,18-22,24,29H,1,5,8-17H2,2-3H3,(H,40,45)(H,37,38,39). The molecule has 2 aromatic carbocycles. The van der Waals surface area contributed by atoms with Gasteiger partial charge in [-0.25, -0.2) is 19.4 Å². The fraction of sp³-hybridized carbons (Fsp3) is 0.441. The molecule has 47 heavy (non-hydrogen) atoms. The maximum atomic E-state index is 14.3. The van der Waals surface area contributed by atoms with Crippen molar-refractivity contribution in [1.82, 2.24) is 19.8 Å². The number of nitrogens with one attached hydrogen (secondary N) is 2. The number of hydrogen-bond acceptors (Lipinski definition) is 10. The van der Waals surface area contributed by atoms with E-state index >= 15 is 0 Å². The average molecular weight is 665 g/mol. The molecule has 0 saturated carbocycles. The number of likely N-dealkylation sites (N-methyl/N-ethyl adjacent to an activating group) is 1. The van der Waals surface area contributed by atoms with E-state index in [1.54, 1.807) is 30.4 Å². The van der Waals surface area contributed by atoms with Crippen LogP contribution in [-0.2, 0) is 9.63 Å². The lowest BCUT2D eigenvalue weighted by atomic mass is 10.0. The number of nitrogens with zero attached hydrogens (tertiary/aromatic N) is 6. The Morgan fingerprint density at radius 1 is 1.09 bits per heavy atom. The van der Waals surface area contributed by atoms with E-state index in [2.05, 4.69) is 48.8 Å². The number of hydroxylamine groups is 1. The molecule has 3 fully saturated rings. The zero-order valence-electron chi connectivity index (χ0n) is 26.9. The number of anilines is 5. The first kappa shape index (κ1) is 33.0. The first-order valence-electron chi connectivity index (χ1n) is 16.2. The van der Waals surface area contributed by atoms with E-state index in [0.717, 1.165) is 69.9 Å². The van der Waals surface area contributed by atoms with Crippen LogP contribution in [0.2, 0.25) is 5.02 Å². The number of hydrogen-bond donors (Lipinski definition) is 2. The largest absolute Gasteiger partial charge is 0.494 e. The van der Waals surface area contributed by atoms with Crippen LogP contribution in [-0.4, -0.2) is 91.2 Å². The van der Waals surface area contributed by atoms with Crippen molar-refractivity contribution in [2.24, 2.45) is 0 Å². The molecular formula is C34H42ClFN8O3. The first-order valence-corrected chi connectivity index (χ1v) is 16.6. The fourth-order valence-corrected chi connectivity index (χ4v) is 6.81. The molecule has 11 nitrogen and oxygen atoms in total. The van der Waals surface area contributed by atoms with Gasteiger partial charge in [0.25, 0.3) is 0 Å². The minimum Gasteiger partial charge on any atom is -0.494 e. The summed E-state index contributed by atoms with van der Waals surface area (Å²) in [5.41, 5.74) is 2.89. The smallest absolute Gasteiger partial charge is 0.247 e. The summed E-state index contributed by atoms with van der Waals surface area (Å²) in [4.78, 5) is 34.8. The van der Waals surface area contributed by atoms with E-state index in [0.29, 0.717) is 47.8 Å². The van der Waals surface area contributed by atoms with Gasteiger partial charge in [-0.15, -0.1) is 0 Å². The van der Waals surface area contributed by atoms with E-state index in [-0.39, 0.29) is 17.0 Å². The van der Waals surface area contributed by atoms with Gasteiger partial charge in [0, 0.05) is 63.9 Å². The van der Waals surface area contributed by atoms with Gasteiger partial charge in [0.05, 0.1) is 41.8 Å². The van der Waals surface area contributed by atoms with Crippen molar-refractivity contribution in [2.45, 2.75) is 38.3 Å². The van der Waals surface area contributed by atoms with Crippen LogP contribution in [0, 0.1) is 5.82 Å². The molecular weight excluding hydrogens is 623 g/mol. The third-order valence-electron chi connectivity index (χ3n) is 9.31. The second kappa shape index (κ2) is 14.8. The molecule has 0 aliphatic carbocycles. The highest BCUT2D eigenvalue weighted by Crippen LogP contribution is 2.41. The summed E-state index contributed by atoms with van der Waals surface area (Å²) in [5, 5.41) is 8.07. The van der Waals surface area contributed by atoms with Crippen molar-refractivity contribution in [3.8, 4) is 5.75 Å². The third kappa shape index (κ3) is 7.46. The summed E-state index contributed by atoms with van der Waals surface area (Å²) in [6.45, 7) is 13.7. The minimum atomic E-state index is -0.481. The summed E-state index contributed by atoms with van der Waals surface area (Å²) in [7, 11) is 1.62. The van der Waals surface area contributed by atoms with Gasteiger partial charge in [0.2, 0.25) is 5.91 Å². The summed E-state index contributed by atoms with van der Waals surface area (Å²) in [6, 6.07) is 10.7. The molecule has 3 saturated heterocycles. The number of halogens is 2. The van der Waals surface area contributed by atoms with Gasteiger partial charge in [0.15, 0.2) is 5.82 Å². The number of rotatable bonds is 10. The van der Waals surface area contributed by atoms with Crippen molar-refractivity contribution in [3.63, 3.8) is 0 Å². The van der Waals surface area contributed by atoms with Crippen LogP contribution < -0.4 is 25.3 Å². The molecule has 6 rings (SSSR count).